The summed E-state index contributed by atoms with van der Waals surface area (Å²) in [5, 5.41) is 2.55. The Morgan fingerprint density at radius 1 is 1.10 bits per heavy atom. The molecule has 2 rings (SSSR count). The van der Waals surface area contributed by atoms with Gasteiger partial charge >= 0.3 is 0 Å². The summed E-state index contributed by atoms with van der Waals surface area (Å²) < 4.78 is 5.67. The Labute approximate surface area is 174 Å². The van der Waals surface area contributed by atoms with Gasteiger partial charge in [0.1, 0.15) is 5.75 Å². The largest absolute Gasteiger partial charge is 0.481 e. The third kappa shape index (κ3) is 6.05. The summed E-state index contributed by atoms with van der Waals surface area (Å²) in [6.45, 7) is 9.21. The van der Waals surface area contributed by atoms with Gasteiger partial charge in [-0.1, -0.05) is 19.1 Å². The van der Waals surface area contributed by atoms with Crippen LogP contribution in [0, 0.1) is 20.8 Å². The van der Waals surface area contributed by atoms with E-state index in [9.17, 15) is 14.4 Å². The van der Waals surface area contributed by atoms with Gasteiger partial charge in [0.05, 0.1) is 11.4 Å². The van der Waals surface area contributed by atoms with Gasteiger partial charge in [-0.05, 0) is 62.9 Å². The summed E-state index contributed by atoms with van der Waals surface area (Å²) in [7, 11) is 0. The summed E-state index contributed by atoms with van der Waals surface area (Å²) in [4.78, 5) is 37.9. The highest BCUT2D eigenvalue weighted by molar-refractivity contribution is 7.14. The molecule has 2 aromatic rings. The molecule has 0 bridgehead atoms. The van der Waals surface area contributed by atoms with Crippen LogP contribution in [0.2, 0.25) is 0 Å². The Morgan fingerprint density at radius 3 is 2.48 bits per heavy atom. The summed E-state index contributed by atoms with van der Waals surface area (Å²) in [6.07, 6.45) is 0.0606. The highest BCUT2D eigenvalue weighted by Crippen LogP contribution is 2.22. The lowest BCUT2D eigenvalue weighted by Gasteiger charge is -2.17. The molecular weight excluding hydrogens is 390 g/mol. The van der Waals surface area contributed by atoms with E-state index in [0.29, 0.717) is 10.6 Å². The van der Waals surface area contributed by atoms with Crippen LogP contribution in [-0.2, 0) is 16.0 Å². The number of hydrazine groups is 1. The zero-order valence-electron chi connectivity index (χ0n) is 17.3. The van der Waals surface area contributed by atoms with Crippen molar-refractivity contribution in [1.29, 1.82) is 0 Å². The molecule has 1 heterocycles. The number of ether oxygens (including phenoxy) is 1. The van der Waals surface area contributed by atoms with Gasteiger partial charge in [-0.2, -0.15) is 0 Å². The van der Waals surface area contributed by atoms with E-state index in [2.05, 4.69) is 16.2 Å². The minimum absolute atomic E-state index is 0.246. The minimum Gasteiger partial charge on any atom is -0.481 e. The first-order valence-corrected chi connectivity index (χ1v) is 10.2. The van der Waals surface area contributed by atoms with E-state index in [0.717, 1.165) is 28.0 Å². The summed E-state index contributed by atoms with van der Waals surface area (Å²) in [5.41, 5.74) is 7.67. The molecule has 1 unspecified atom stereocenters. The molecule has 7 nitrogen and oxygen atoms in total. The quantitative estimate of drug-likeness (QED) is 0.603. The number of amides is 3. The minimum atomic E-state index is -0.799. The third-order valence-electron chi connectivity index (χ3n) is 4.53. The standard InChI is InChI=1S/C21H27N3O4S/c1-6-17-13(3)10-18(29-17)21(27)22-11-19(25)23-24-20(26)15(5)28-16-9-7-8-12(2)14(16)4/h7-10,15H,6,11H2,1-5H3,(H,22,27)(H,23,25)(H,24,26). The van der Waals surface area contributed by atoms with Crippen LogP contribution in [0.5, 0.6) is 5.75 Å². The highest BCUT2D eigenvalue weighted by atomic mass is 32.1. The van der Waals surface area contributed by atoms with Gasteiger partial charge in [0.25, 0.3) is 17.7 Å². The van der Waals surface area contributed by atoms with Gasteiger partial charge in [-0.15, -0.1) is 11.3 Å². The van der Waals surface area contributed by atoms with Crippen LogP contribution in [0.15, 0.2) is 24.3 Å². The van der Waals surface area contributed by atoms with Crippen molar-refractivity contribution in [3.8, 4) is 5.75 Å². The Kier molecular flexibility index (Phi) is 7.78. The smallest absolute Gasteiger partial charge is 0.279 e. The zero-order chi connectivity index (χ0) is 21.6. The van der Waals surface area contributed by atoms with E-state index in [4.69, 9.17) is 4.74 Å². The summed E-state index contributed by atoms with van der Waals surface area (Å²) >= 11 is 1.41. The van der Waals surface area contributed by atoms with Gasteiger partial charge in [-0.25, -0.2) is 0 Å². The number of thiophene rings is 1. The molecule has 0 aliphatic rings. The second kappa shape index (κ2) is 10.1. The number of hydrogen-bond donors (Lipinski definition) is 3. The van der Waals surface area contributed by atoms with Crippen LogP contribution in [0.4, 0.5) is 0 Å². The number of rotatable bonds is 7. The fourth-order valence-corrected chi connectivity index (χ4v) is 3.63. The molecule has 1 atom stereocenters. The zero-order valence-corrected chi connectivity index (χ0v) is 18.2. The molecule has 0 spiro atoms. The van der Waals surface area contributed by atoms with Gasteiger partial charge in [0.15, 0.2) is 6.10 Å². The molecule has 156 valence electrons. The van der Waals surface area contributed by atoms with Gasteiger partial charge in [-0.3, -0.25) is 25.2 Å². The molecule has 0 fully saturated rings. The fraction of sp³-hybridized carbons (Fsp3) is 0.381. The van der Waals surface area contributed by atoms with Crippen molar-refractivity contribution < 1.29 is 19.1 Å². The number of benzene rings is 1. The van der Waals surface area contributed by atoms with Crippen LogP contribution in [-0.4, -0.2) is 30.4 Å². The topological polar surface area (TPSA) is 96.5 Å². The molecule has 0 aliphatic heterocycles. The lowest BCUT2D eigenvalue weighted by molar-refractivity contribution is -0.132. The number of carbonyl (C=O) groups excluding carboxylic acids is 3. The first-order valence-electron chi connectivity index (χ1n) is 9.42. The number of nitrogens with one attached hydrogen (secondary N) is 3. The molecule has 0 aliphatic carbocycles. The fourth-order valence-electron chi connectivity index (χ4n) is 2.60. The maximum Gasteiger partial charge on any atom is 0.279 e. The second-order valence-corrected chi connectivity index (χ2v) is 7.89. The summed E-state index contributed by atoms with van der Waals surface area (Å²) in [6, 6.07) is 7.41. The Balaban J connectivity index is 1.78. The molecule has 1 aromatic heterocycles. The van der Waals surface area contributed by atoms with Crippen LogP contribution in [0.1, 0.15) is 45.1 Å². The lowest BCUT2D eigenvalue weighted by atomic mass is 10.1. The van der Waals surface area contributed by atoms with Crippen LogP contribution < -0.4 is 20.9 Å². The van der Waals surface area contributed by atoms with Gasteiger partial charge < -0.3 is 10.1 Å². The van der Waals surface area contributed by atoms with Crippen LogP contribution >= 0.6 is 11.3 Å². The SMILES string of the molecule is CCc1sc(C(=O)NCC(=O)NNC(=O)C(C)Oc2cccc(C)c2C)cc1C. The van der Waals surface area contributed by atoms with E-state index in [1.807, 2.05) is 45.9 Å². The third-order valence-corrected chi connectivity index (χ3v) is 5.91. The predicted molar refractivity (Wildman–Crippen MR) is 113 cm³/mol. The van der Waals surface area contributed by atoms with Crippen LogP contribution in [0.3, 0.4) is 0 Å². The molecule has 3 amide bonds. The van der Waals surface area contributed by atoms with Crippen molar-refractivity contribution in [3.63, 3.8) is 0 Å². The summed E-state index contributed by atoms with van der Waals surface area (Å²) in [5.74, 6) is -0.725. The Hall–Kier alpha value is -2.87. The van der Waals surface area contributed by atoms with Crippen molar-refractivity contribution >= 4 is 29.1 Å². The number of aryl methyl sites for hydroxylation is 3. The van der Waals surface area contributed by atoms with E-state index < -0.39 is 17.9 Å². The molecule has 0 saturated carbocycles. The van der Waals surface area contributed by atoms with Crippen molar-refractivity contribution in [3.05, 3.63) is 50.7 Å². The van der Waals surface area contributed by atoms with Gasteiger partial charge in [0.2, 0.25) is 0 Å². The van der Waals surface area contributed by atoms with E-state index >= 15 is 0 Å². The van der Waals surface area contributed by atoms with Crippen LogP contribution in [0.25, 0.3) is 0 Å². The Bertz CT molecular complexity index is 907. The lowest BCUT2D eigenvalue weighted by Crippen LogP contribution is -2.50. The average molecular weight is 418 g/mol. The van der Waals surface area contributed by atoms with E-state index in [1.165, 1.54) is 11.3 Å². The molecule has 0 saturated heterocycles. The van der Waals surface area contributed by atoms with Crippen molar-refractivity contribution in [2.45, 2.75) is 47.1 Å². The molecule has 1 aromatic carbocycles. The van der Waals surface area contributed by atoms with Gasteiger partial charge in [0, 0.05) is 4.88 Å². The second-order valence-electron chi connectivity index (χ2n) is 6.75. The van der Waals surface area contributed by atoms with Crippen molar-refractivity contribution in [2.24, 2.45) is 0 Å². The molecule has 29 heavy (non-hydrogen) atoms. The van der Waals surface area contributed by atoms with E-state index in [-0.39, 0.29) is 12.5 Å². The highest BCUT2D eigenvalue weighted by Gasteiger charge is 2.17. The molecule has 8 heteroatoms. The monoisotopic (exact) mass is 417 g/mol. The predicted octanol–water partition coefficient (Wildman–Crippen LogP) is 2.58. The number of carbonyl (C=O) groups is 3. The average Bonchev–Trinajstić information content (AvgIpc) is 3.08. The maximum absolute atomic E-state index is 12.2. The molecule has 0 radical (unpaired) electrons. The van der Waals surface area contributed by atoms with E-state index in [1.54, 1.807) is 13.0 Å². The Morgan fingerprint density at radius 2 is 1.83 bits per heavy atom. The molecular formula is C21H27N3O4S. The van der Waals surface area contributed by atoms with Crippen molar-refractivity contribution in [2.75, 3.05) is 6.54 Å². The first kappa shape index (κ1) is 22.4. The normalized spacial score (nSPS) is 11.5. The molecule has 3 N–H and O–H groups in total. The first-order chi connectivity index (χ1) is 13.7. The maximum atomic E-state index is 12.2. The van der Waals surface area contributed by atoms with Crippen molar-refractivity contribution in [1.82, 2.24) is 16.2 Å². The number of hydrogen-bond acceptors (Lipinski definition) is 5.